The Morgan fingerprint density at radius 2 is 1.76 bits per heavy atom. The molecule has 7 heteroatoms. The molecule has 1 aromatic heterocycles. The highest BCUT2D eigenvalue weighted by Crippen LogP contribution is 2.44. The number of hydrogen-bond donors (Lipinski definition) is 1. The first-order chi connectivity index (χ1) is 15.9. The minimum atomic E-state index is -0.833. The minimum Gasteiger partial charge on any atom is -0.493 e. The highest BCUT2D eigenvalue weighted by molar-refractivity contribution is 5.87. The Labute approximate surface area is 194 Å². The van der Waals surface area contributed by atoms with Crippen LogP contribution < -0.4 is 14.2 Å². The molecule has 2 unspecified atom stereocenters. The summed E-state index contributed by atoms with van der Waals surface area (Å²) in [5.41, 5.74) is 4.44. The Bertz CT molecular complexity index is 1140. The molecular formula is C26H32N2O5. The molecule has 2 atom stereocenters. The van der Waals surface area contributed by atoms with E-state index in [0.717, 1.165) is 41.4 Å². The second-order valence-corrected chi connectivity index (χ2v) is 8.85. The zero-order valence-corrected chi connectivity index (χ0v) is 19.9. The number of carboxylic acid groups (broad SMARTS) is 1. The number of ether oxygens (including phenoxy) is 3. The summed E-state index contributed by atoms with van der Waals surface area (Å²) in [7, 11) is 9.06. The van der Waals surface area contributed by atoms with Gasteiger partial charge in [0, 0.05) is 28.6 Å². The predicted octanol–water partition coefficient (Wildman–Crippen LogP) is 3.95. The van der Waals surface area contributed by atoms with Crippen molar-refractivity contribution in [2.24, 2.45) is 0 Å². The molecule has 0 fully saturated rings. The standard InChI is InChI=1S/C26H32N2O5/c1-27(2)18-13-17(10-16-11-22(31-3)26(33-5)23(12-16)32-4)25-20(14-18)19-8-6-7-9-21(19)28(25)15-24(29)30/h6-9,11-12,17-18H,10,13-15H2,1-5H3,(H,29,30). The average molecular weight is 453 g/mol. The van der Waals surface area contributed by atoms with Gasteiger partial charge in [0.15, 0.2) is 11.5 Å². The topological polar surface area (TPSA) is 73.2 Å². The molecule has 3 aromatic rings. The Hall–Kier alpha value is -3.19. The molecule has 0 radical (unpaired) electrons. The maximum Gasteiger partial charge on any atom is 0.323 e. The summed E-state index contributed by atoms with van der Waals surface area (Å²) in [6.45, 7) is -0.0474. The number of carboxylic acids is 1. The molecule has 7 nitrogen and oxygen atoms in total. The van der Waals surface area contributed by atoms with Crippen molar-refractivity contribution < 1.29 is 24.1 Å². The second kappa shape index (κ2) is 9.35. The predicted molar refractivity (Wildman–Crippen MR) is 128 cm³/mol. The van der Waals surface area contributed by atoms with Crippen LogP contribution in [0.15, 0.2) is 36.4 Å². The Morgan fingerprint density at radius 3 is 2.33 bits per heavy atom. The number of hydrogen-bond acceptors (Lipinski definition) is 5. The molecule has 0 saturated heterocycles. The maximum absolute atomic E-state index is 11.8. The zero-order valence-electron chi connectivity index (χ0n) is 19.9. The quantitative estimate of drug-likeness (QED) is 0.558. The molecule has 33 heavy (non-hydrogen) atoms. The molecule has 0 amide bonds. The summed E-state index contributed by atoms with van der Waals surface area (Å²) in [6.07, 6.45) is 2.58. The van der Waals surface area contributed by atoms with E-state index >= 15 is 0 Å². The van der Waals surface area contributed by atoms with Crippen molar-refractivity contribution in [3.63, 3.8) is 0 Å². The summed E-state index contributed by atoms with van der Waals surface area (Å²) in [4.78, 5) is 14.1. The van der Waals surface area contributed by atoms with E-state index in [4.69, 9.17) is 14.2 Å². The number of para-hydroxylation sites is 1. The molecule has 0 saturated carbocycles. The van der Waals surface area contributed by atoms with E-state index in [1.54, 1.807) is 21.3 Å². The smallest absolute Gasteiger partial charge is 0.323 e. The van der Waals surface area contributed by atoms with E-state index < -0.39 is 5.97 Å². The van der Waals surface area contributed by atoms with Gasteiger partial charge < -0.3 is 28.8 Å². The summed E-state index contributed by atoms with van der Waals surface area (Å²) in [6, 6.07) is 12.5. The Balaban J connectivity index is 1.86. The van der Waals surface area contributed by atoms with E-state index in [-0.39, 0.29) is 12.5 Å². The first kappa shape index (κ1) is 23.0. The van der Waals surface area contributed by atoms with Crippen molar-refractivity contribution in [2.75, 3.05) is 35.4 Å². The molecular weight excluding hydrogens is 420 g/mol. The third-order valence-electron chi connectivity index (χ3n) is 6.73. The van der Waals surface area contributed by atoms with Crippen molar-refractivity contribution in [3.8, 4) is 17.2 Å². The zero-order chi connectivity index (χ0) is 23.7. The van der Waals surface area contributed by atoms with Crippen molar-refractivity contribution in [2.45, 2.75) is 37.8 Å². The van der Waals surface area contributed by atoms with E-state index in [2.05, 4.69) is 25.1 Å². The molecule has 176 valence electrons. The fourth-order valence-electron chi connectivity index (χ4n) is 5.25. The number of carbonyl (C=O) groups is 1. The van der Waals surface area contributed by atoms with Crippen LogP contribution in [-0.4, -0.2) is 62.0 Å². The molecule has 2 aromatic carbocycles. The van der Waals surface area contributed by atoms with Gasteiger partial charge in [-0.1, -0.05) is 18.2 Å². The van der Waals surface area contributed by atoms with Crippen LogP contribution in [-0.2, 0) is 24.2 Å². The Kier molecular flexibility index (Phi) is 6.51. The van der Waals surface area contributed by atoms with Crippen LogP contribution in [0.3, 0.4) is 0 Å². The summed E-state index contributed by atoms with van der Waals surface area (Å²) in [5, 5.41) is 10.8. The van der Waals surface area contributed by atoms with Gasteiger partial charge in [-0.05, 0) is 62.7 Å². The molecule has 1 aliphatic rings. The summed E-state index contributed by atoms with van der Waals surface area (Å²) >= 11 is 0. The first-order valence-corrected chi connectivity index (χ1v) is 11.1. The number of nitrogens with zero attached hydrogens (tertiary/aromatic N) is 2. The summed E-state index contributed by atoms with van der Waals surface area (Å²) in [5.74, 6) is 1.13. The number of likely N-dealkylation sites (N-methyl/N-ethyl adjacent to an activating group) is 1. The fourth-order valence-corrected chi connectivity index (χ4v) is 5.25. The van der Waals surface area contributed by atoms with E-state index in [9.17, 15) is 9.90 Å². The molecule has 0 aliphatic heterocycles. The highest BCUT2D eigenvalue weighted by Gasteiger charge is 2.34. The van der Waals surface area contributed by atoms with Gasteiger partial charge in [-0.3, -0.25) is 4.79 Å². The SMILES string of the molecule is COc1cc(CC2CC(N(C)C)Cc3c2n(CC(=O)O)c2ccccc32)cc(OC)c1OC. The lowest BCUT2D eigenvalue weighted by molar-refractivity contribution is -0.137. The molecule has 1 aliphatic carbocycles. The number of fused-ring (bicyclic) bond motifs is 3. The Morgan fingerprint density at radius 1 is 1.09 bits per heavy atom. The number of rotatable bonds is 8. The average Bonchev–Trinajstić information content (AvgIpc) is 3.11. The number of aromatic nitrogens is 1. The van der Waals surface area contributed by atoms with Crippen LogP contribution in [0.4, 0.5) is 0 Å². The number of methoxy groups -OCH3 is 3. The van der Waals surface area contributed by atoms with Gasteiger partial charge in [0.2, 0.25) is 5.75 Å². The summed E-state index contributed by atoms with van der Waals surface area (Å²) < 4.78 is 18.6. The van der Waals surface area contributed by atoms with Gasteiger partial charge in [0.1, 0.15) is 6.54 Å². The minimum absolute atomic E-state index is 0.0474. The highest BCUT2D eigenvalue weighted by atomic mass is 16.5. The van der Waals surface area contributed by atoms with E-state index in [1.807, 2.05) is 34.9 Å². The lowest BCUT2D eigenvalue weighted by atomic mass is 9.79. The maximum atomic E-state index is 11.8. The monoisotopic (exact) mass is 452 g/mol. The van der Waals surface area contributed by atoms with Crippen molar-refractivity contribution in [3.05, 3.63) is 53.2 Å². The lowest BCUT2D eigenvalue weighted by Gasteiger charge is -2.35. The van der Waals surface area contributed by atoms with Crippen LogP contribution in [0.1, 0.15) is 29.2 Å². The van der Waals surface area contributed by atoms with Crippen LogP contribution >= 0.6 is 0 Å². The van der Waals surface area contributed by atoms with Crippen molar-refractivity contribution in [1.82, 2.24) is 9.47 Å². The molecule has 4 rings (SSSR count). The van der Waals surface area contributed by atoms with Crippen LogP contribution in [0.2, 0.25) is 0 Å². The van der Waals surface area contributed by atoms with Gasteiger partial charge in [-0.15, -0.1) is 0 Å². The largest absolute Gasteiger partial charge is 0.493 e. The third kappa shape index (κ3) is 4.25. The molecule has 1 heterocycles. The van der Waals surface area contributed by atoms with Gasteiger partial charge in [0.25, 0.3) is 0 Å². The third-order valence-corrected chi connectivity index (χ3v) is 6.73. The molecule has 1 N–H and O–H groups in total. The van der Waals surface area contributed by atoms with Gasteiger partial charge in [-0.25, -0.2) is 0 Å². The first-order valence-electron chi connectivity index (χ1n) is 11.1. The lowest BCUT2D eigenvalue weighted by Crippen LogP contribution is -2.36. The van der Waals surface area contributed by atoms with Crippen LogP contribution in [0.25, 0.3) is 10.9 Å². The van der Waals surface area contributed by atoms with Crippen molar-refractivity contribution >= 4 is 16.9 Å². The van der Waals surface area contributed by atoms with Crippen molar-refractivity contribution in [1.29, 1.82) is 0 Å². The van der Waals surface area contributed by atoms with Gasteiger partial charge >= 0.3 is 5.97 Å². The van der Waals surface area contributed by atoms with E-state index in [0.29, 0.717) is 23.3 Å². The van der Waals surface area contributed by atoms with Gasteiger partial charge in [0.05, 0.1) is 21.3 Å². The normalized spacial score (nSPS) is 17.8. The van der Waals surface area contributed by atoms with Crippen LogP contribution in [0.5, 0.6) is 17.2 Å². The molecule has 0 spiro atoms. The molecule has 0 bridgehead atoms. The second-order valence-electron chi connectivity index (χ2n) is 8.85. The van der Waals surface area contributed by atoms with E-state index in [1.165, 1.54) is 5.56 Å². The number of benzene rings is 2. The number of aliphatic carboxylic acids is 1. The fraction of sp³-hybridized carbons (Fsp3) is 0.423. The van der Waals surface area contributed by atoms with Crippen LogP contribution in [0, 0.1) is 0 Å². The van der Waals surface area contributed by atoms with Gasteiger partial charge in [-0.2, -0.15) is 0 Å².